The molecule has 2 aliphatic rings. The van der Waals surface area contributed by atoms with Crippen LogP contribution >= 0.6 is 0 Å². The number of hydrogen-bond donors (Lipinski definition) is 2. The summed E-state index contributed by atoms with van der Waals surface area (Å²) in [5.41, 5.74) is 0.963. The van der Waals surface area contributed by atoms with Gasteiger partial charge in [-0.2, -0.15) is 0 Å². The molecule has 2 N–H and O–H groups in total. The number of halogens is 1. The molecule has 4 nitrogen and oxygen atoms in total. The van der Waals surface area contributed by atoms with Crippen LogP contribution in [0.4, 0.5) is 10.1 Å². The molecule has 5 heteroatoms. The van der Waals surface area contributed by atoms with Crippen molar-refractivity contribution < 1.29 is 14.0 Å². The average molecular weight is 330 g/mol. The molecule has 0 unspecified atom stereocenters. The zero-order valence-corrected chi connectivity index (χ0v) is 13.7. The van der Waals surface area contributed by atoms with Crippen LogP contribution in [0.2, 0.25) is 0 Å². The number of amides is 2. The number of hydrogen-bond acceptors (Lipinski definition) is 2. The highest BCUT2D eigenvalue weighted by Crippen LogP contribution is 2.46. The molecule has 0 atom stereocenters. The van der Waals surface area contributed by atoms with Gasteiger partial charge in [-0.05, 0) is 69.2 Å². The molecule has 2 amide bonds. The Morgan fingerprint density at radius 1 is 1.08 bits per heavy atom. The molecule has 0 heterocycles. The van der Waals surface area contributed by atoms with Gasteiger partial charge < -0.3 is 10.6 Å². The predicted molar refractivity (Wildman–Crippen MR) is 90.9 cm³/mol. The molecule has 0 bridgehead atoms. The van der Waals surface area contributed by atoms with E-state index in [0.717, 1.165) is 19.3 Å². The van der Waals surface area contributed by atoms with Crippen molar-refractivity contribution in [2.45, 2.75) is 44.9 Å². The second-order valence-electron chi connectivity index (χ2n) is 6.66. The molecule has 128 valence electrons. The summed E-state index contributed by atoms with van der Waals surface area (Å²) in [6.07, 6.45) is 8.99. The largest absolute Gasteiger partial charge is 0.355 e. The lowest BCUT2D eigenvalue weighted by molar-refractivity contribution is -0.134. The molecule has 2 aliphatic carbocycles. The summed E-state index contributed by atoms with van der Waals surface area (Å²) in [5.74, 6) is -0.856. The monoisotopic (exact) mass is 330 g/mol. The third-order valence-corrected chi connectivity index (χ3v) is 4.84. The molecule has 0 aromatic heterocycles. The molecule has 0 aliphatic heterocycles. The number of benzene rings is 1. The molecule has 0 radical (unpaired) electrons. The maximum absolute atomic E-state index is 12.9. The number of anilines is 1. The van der Waals surface area contributed by atoms with Gasteiger partial charge in [-0.25, -0.2) is 4.39 Å². The summed E-state index contributed by atoms with van der Waals surface area (Å²) in [5, 5.41) is 5.62. The maximum Gasteiger partial charge on any atom is 0.240 e. The third-order valence-electron chi connectivity index (χ3n) is 4.84. The van der Waals surface area contributed by atoms with E-state index in [2.05, 4.69) is 16.7 Å². The summed E-state index contributed by atoms with van der Waals surface area (Å²) < 4.78 is 12.9. The van der Waals surface area contributed by atoms with E-state index in [1.807, 2.05) is 0 Å². The Balaban J connectivity index is 1.50. The van der Waals surface area contributed by atoms with Crippen LogP contribution < -0.4 is 10.6 Å². The fraction of sp³-hybridized carbons (Fsp3) is 0.474. The van der Waals surface area contributed by atoms with E-state index in [9.17, 15) is 14.0 Å². The highest BCUT2D eigenvalue weighted by molar-refractivity contribution is 6.13. The zero-order chi connectivity index (χ0) is 17.0. The van der Waals surface area contributed by atoms with E-state index >= 15 is 0 Å². The summed E-state index contributed by atoms with van der Waals surface area (Å²) in [6, 6.07) is 5.56. The van der Waals surface area contributed by atoms with Gasteiger partial charge in [0.15, 0.2) is 0 Å². The van der Waals surface area contributed by atoms with Crippen LogP contribution in [0.25, 0.3) is 0 Å². The molecule has 1 aromatic carbocycles. The Morgan fingerprint density at radius 3 is 2.46 bits per heavy atom. The number of carbonyl (C=O) groups excluding carboxylic acids is 2. The Labute approximate surface area is 141 Å². The second-order valence-corrected chi connectivity index (χ2v) is 6.66. The van der Waals surface area contributed by atoms with Gasteiger partial charge in [0.25, 0.3) is 0 Å². The van der Waals surface area contributed by atoms with Gasteiger partial charge in [0.2, 0.25) is 11.8 Å². The summed E-state index contributed by atoms with van der Waals surface area (Å²) in [4.78, 5) is 24.8. The van der Waals surface area contributed by atoms with E-state index in [4.69, 9.17) is 0 Å². The first-order valence-corrected chi connectivity index (χ1v) is 8.63. The fourth-order valence-electron chi connectivity index (χ4n) is 3.10. The van der Waals surface area contributed by atoms with Gasteiger partial charge in [-0.15, -0.1) is 0 Å². The van der Waals surface area contributed by atoms with Gasteiger partial charge in [-0.1, -0.05) is 11.6 Å². The van der Waals surface area contributed by atoms with Crippen molar-refractivity contribution in [3.05, 3.63) is 41.7 Å². The van der Waals surface area contributed by atoms with Crippen molar-refractivity contribution in [3.8, 4) is 0 Å². The molecular formula is C19H23FN2O2. The number of nitrogens with one attached hydrogen (secondary N) is 2. The Bertz CT molecular complexity index is 648. The first-order valence-electron chi connectivity index (χ1n) is 8.63. The predicted octanol–water partition coefficient (Wildman–Crippen LogP) is 3.55. The molecule has 1 saturated carbocycles. The van der Waals surface area contributed by atoms with E-state index < -0.39 is 5.41 Å². The Hall–Kier alpha value is -2.17. The van der Waals surface area contributed by atoms with Gasteiger partial charge in [0, 0.05) is 12.2 Å². The van der Waals surface area contributed by atoms with Gasteiger partial charge in [-0.3, -0.25) is 9.59 Å². The first-order chi connectivity index (χ1) is 11.6. The van der Waals surface area contributed by atoms with Crippen molar-refractivity contribution in [2.75, 3.05) is 11.9 Å². The average Bonchev–Trinajstić information content (AvgIpc) is 3.40. The Morgan fingerprint density at radius 2 is 1.83 bits per heavy atom. The SMILES string of the molecule is O=C(NCCC1=CCCCC1)C1(C(=O)Nc2ccc(F)cc2)CC1. The summed E-state index contributed by atoms with van der Waals surface area (Å²) >= 11 is 0. The van der Waals surface area contributed by atoms with Crippen LogP contribution in [0.3, 0.4) is 0 Å². The second kappa shape index (κ2) is 7.16. The Kier molecular flexibility index (Phi) is 4.97. The van der Waals surface area contributed by atoms with Gasteiger partial charge in [0.05, 0.1) is 0 Å². The van der Waals surface area contributed by atoms with Crippen LogP contribution in [0, 0.1) is 11.2 Å². The highest BCUT2D eigenvalue weighted by Gasteiger charge is 2.56. The fourth-order valence-corrected chi connectivity index (χ4v) is 3.10. The smallest absolute Gasteiger partial charge is 0.240 e. The lowest BCUT2D eigenvalue weighted by Gasteiger charge is -2.17. The molecule has 1 aromatic rings. The zero-order valence-electron chi connectivity index (χ0n) is 13.7. The standard InChI is InChI=1S/C19H23FN2O2/c20-15-6-8-16(9-7-15)22-18(24)19(11-12-19)17(23)21-13-10-14-4-2-1-3-5-14/h4,6-9H,1-3,5,10-13H2,(H,21,23)(H,22,24). The quantitative estimate of drug-likeness (QED) is 0.619. The first kappa shape index (κ1) is 16.7. The third kappa shape index (κ3) is 3.83. The van der Waals surface area contributed by atoms with Crippen molar-refractivity contribution in [2.24, 2.45) is 5.41 Å². The van der Waals surface area contributed by atoms with Crippen LogP contribution in [0.15, 0.2) is 35.9 Å². The number of allylic oxidation sites excluding steroid dienone is 1. The molecule has 3 rings (SSSR count). The molecule has 0 spiro atoms. The van der Waals surface area contributed by atoms with Gasteiger partial charge >= 0.3 is 0 Å². The van der Waals surface area contributed by atoms with Crippen LogP contribution in [0.1, 0.15) is 44.9 Å². The summed E-state index contributed by atoms with van der Waals surface area (Å²) in [6.45, 7) is 0.580. The van der Waals surface area contributed by atoms with E-state index in [0.29, 0.717) is 25.1 Å². The lowest BCUT2D eigenvalue weighted by atomic mass is 9.97. The van der Waals surface area contributed by atoms with Crippen molar-refractivity contribution in [1.29, 1.82) is 0 Å². The van der Waals surface area contributed by atoms with E-state index in [-0.39, 0.29) is 17.6 Å². The molecule has 0 saturated heterocycles. The minimum absolute atomic E-state index is 0.196. The topological polar surface area (TPSA) is 58.2 Å². The van der Waals surface area contributed by atoms with E-state index in [1.54, 1.807) is 0 Å². The highest BCUT2D eigenvalue weighted by atomic mass is 19.1. The normalized spacial score (nSPS) is 18.5. The number of rotatable bonds is 6. The van der Waals surface area contributed by atoms with Crippen LogP contribution in [-0.2, 0) is 9.59 Å². The van der Waals surface area contributed by atoms with Crippen LogP contribution in [-0.4, -0.2) is 18.4 Å². The lowest BCUT2D eigenvalue weighted by Crippen LogP contribution is -2.40. The summed E-state index contributed by atoms with van der Waals surface area (Å²) in [7, 11) is 0. The molecule has 24 heavy (non-hydrogen) atoms. The van der Waals surface area contributed by atoms with Crippen molar-refractivity contribution in [1.82, 2.24) is 5.32 Å². The maximum atomic E-state index is 12.9. The van der Waals surface area contributed by atoms with Gasteiger partial charge in [0.1, 0.15) is 11.2 Å². The molecule has 1 fully saturated rings. The minimum Gasteiger partial charge on any atom is -0.355 e. The number of carbonyl (C=O) groups is 2. The molecular weight excluding hydrogens is 307 g/mol. The minimum atomic E-state index is -0.949. The van der Waals surface area contributed by atoms with Crippen molar-refractivity contribution in [3.63, 3.8) is 0 Å². The van der Waals surface area contributed by atoms with Crippen molar-refractivity contribution >= 4 is 17.5 Å². The van der Waals surface area contributed by atoms with E-state index in [1.165, 1.54) is 42.7 Å². The van der Waals surface area contributed by atoms with Crippen LogP contribution in [0.5, 0.6) is 0 Å².